The first-order chi connectivity index (χ1) is 8.72. The Hall–Kier alpha value is -0.570. The summed E-state index contributed by atoms with van der Waals surface area (Å²) < 4.78 is 0. The monoisotopic (exact) mass is 250 g/mol. The van der Waals surface area contributed by atoms with E-state index in [1.807, 2.05) is 0 Å². The molecule has 2 bridgehead atoms. The second-order valence-corrected chi connectivity index (χ2v) is 6.48. The van der Waals surface area contributed by atoms with Crippen molar-refractivity contribution in [2.75, 3.05) is 6.54 Å². The van der Waals surface area contributed by atoms with Crippen molar-refractivity contribution in [2.24, 2.45) is 17.8 Å². The molecule has 0 aromatic rings. The van der Waals surface area contributed by atoms with Crippen LogP contribution in [0.15, 0.2) is 0 Å². The van der Waals surface area contributed by atoms with Gasteiger partial charge in [-0.3, -0.25) is 10.1 Å². The van der Waals surface area contributed by atoms with Crippen molar-refractivity contribution in [3.63, 3.8) is 0 Å². The molecule has 18 heavy (non-hydrogen) atoms. The zero-order chi connectivity index (χ0) is 12.7. The fourth-order valence-corrected chi connectivity index (χ4v) is 4.45. The number of amides is 1. The van der Waals surface area contributed by atoms with Crippen molar-refractivity contribution in [2.45, 2.75) is 64.6 Å². The van der Waals surface area contributed by atoms with Gasteiger partial charge < -0.3 is 4.90 Å². The summed E-state index contributed by atoms with van der Waals surface area (Å²) in [5, 5.41) is 3.48. The smallest absolute Gasteiger partial charge is 0.241 e. The molecule has 3 heteroatoms. The standard InChI is InChI=1S/C15H26N2O/c1-3-13-15(18)17(14(4-2)16-13)9-12-8-10-5-6-11(12)7-10/h10-14,16H,3-9H2,1-2H3. The molecule has 3 aliphatic rings. The molecule has 5 atom stereocenters. The average molecular weight is 250 g/mol. The number of nitrogens with one attached hydrogen (secondary N) is 1. The predicted octanol–water partition coefficient (Wildman–Crippen LogP) is 2.37. The van der Waals surface area contributed by atoms with Crippen LogP contribution >= 0.6 is 0 Å². The first kappa shape index (κ1) is 12.5. The van der Waals surface area contributed by atoms with Crippen LogP contribution in [0.3, 0.4) is 0 Å². The van der Waals surface area contributed by atoms with E-state index in [-0.39, 0.29) is 6.04 Å². The summed E-state index contributed by atoms with van der Waals surface area (Å²) >= 11 is 0. The zero-order valence-electron chi connectivity index (χ0n) is 11.7. The first-order valence-electron chi connectivity index (χ1n) is 7.79. The van der Waals surface area contributed by atoms with Crippen LogP contribution in [-0.2, 0) is 4.79 Å². The Bertz CT molecular complexity index is 330. The summed E-state index contributed by atoms with van der Waals surface area (Å²) in [6.07, 6.45) is 7.92. The van der Waals surface area contributed by atoms with Crippen molar-refractivity contribution >= 4 is 5.91 Å². The molecule has 102 valence electrons. The molecule has 1 saturated heterocycles. The number of hydrogen-bond acceptors (Lipinski definition) is 2. The van der Waals surface area contributed by atoms with E-state index in [9.17, 15) is 4.79 Å². The van der Waals surface area contributed by atoms with E-state index in [1.165, 1.54) is 25.7 Å². The highest BCUT2D eigenvalue weighted by Crippen LogP contribution is 2.48. The van der Waals surface area contributed by atoms with Crippen molar-refractivity contribution in [3.05, 3.63) is 0 Å². The van der Waals surface area contributed by atoms with E-state index in [2.05, 4.69) is 24.1 Å². The minimum Gasteiger partial charge on any atom is -0.326 e. The molecule has 2 saturated carbocycles. The maximum Gasteiger partial charge on any atom is 0.241 e. The highest BCUT2D eigenvalue weighted by molar-refractivity contribution is 5.84. The van der Waals surface area contributed by atoms with Crippen molar-refractivity contribution in [1.82, 2.24) is 10.2 Å². The maximum atomic E-state index is 12.4. The largest absolute Gasteiger partial charge is 0.326 e. The van der Waals surface area contributed by atoms with Gasteiger partial charge in [0, 0.05) is 6.54 Å². The molecule has 0 aromatic carbocycles. The van der Waals surface area contributed by atoms with Crippen LogP contribution < -0.4 is 5.32 Å². The molecule has 3 rings (SSSR count). The third kappa shape index (κ3) is 1.97. The lowest BCUT2D eigenvalue weighted by Crippen LogP contribution is -2.41. The molecule has 0 aromatic heterocycles. The summed E-state index contributed by atoms with van der Waals surface area (Å²) in [4.78, 5) is 14.5. The van der Waals surface area contributed by atoms with E-state index < -0.39 is 0 Å². The quantitative estimate of drug-likeness (QED) is 0.831. The SMILES string of the molecule is CCC1NC(CC)N(CC2CC3CCC2C3)C1=O. The summed E-state index contributed by atoms with van der Waals surface area (Å²) in [6, 6.07) is 0.0774. The molecule has 1 aliphatic heterocycles. The van der Waals surface area contributed by atoms with E-state index in [0.29, 0.717) is 12.1 Å². The molecule has 1 N–H and O–H groups in total. The fourth-order valence-electron chi connectivity index (χ4n) is 4.45. The molecule has 0 radical (unpaired) electrons. The third-order valence-corrected chi connectivity index (χ3v) is 5.46. The topological polar surface area (TPSA) is 32.3 Å². The number of fused-ring (bicyclic) bond motifs is 2. The third-order valence-electron chi connectivity index (χ3n) is 5.46. The summed E-state index contributed by atoms with van der Waals surface area (Å²) in [5.74, 6) is 3.04. The van der Waals surface area contributed by atoms with Crippen LogP contribution in [0.4, 0.5) is 0 Å². The molecule has 3 nitrogen and oxygen atoms in total. The highest BCUT2D eigenvalue weighted by Gasteiger charge is 2.44. The van der Waals surface area contributed by atoms with Crippen LogP contribution in [0.5, 0.6) is 0 Å². The number of nitrogens with zero attached hydrogens (tertiary/aromatic N) is 1. The van der Waals surface area contributed by atoms with Crippen LogP contribution in [0.1, 0.15) is 52.4 Å². The summed E-state index contributed by atoms with van der Waals surface area (Å²) in [7, 11) is 0. The van der Waals surface area contributed by atoms with E-state index in [4.69, 9.17) is 0 Å². The summed E-state index contributed by atoms with van der Waals surface area (Å²) in [5.41, 5.74) is 0. The highest BCUT2D eigenvalue weighted by atomic mass is 16.2. The molecular weight excluding hydrogens is 224 g/mol. The van der Waals surface area contributed by atoms with Gasteiger partial charge in [0.15, 0.2) is 0 Å². The molecule has 1 amide bonds. The molecule has 0 spiro atoms. The lowest BCUT2D eigenvalue weighted by Gasteiger charge is -2.30. The Kier molecular flexibility index (Phi) is 3.35. The van der Waals surface area contributed by atoms with E-state index >= 15 is 0 Å². The van der Waals surface area contributed by atoms with E-state index in [0.717, 1.165) is 37.1 Å². The van der Waals surface area contributed by atoms with Crippen molar-refractivity contribution in [1.29, 1.82) is 0 Å². The van der Waals surface area contributed by atoms with Crippen molar-refractivity contribution in [3.8, 4) is 0 Å². The van der Waals surface area contributed by atoms with Crippen LogP contribution in [0.2, 0.25) is 0 Å². The second-order valence-electron chi connectivity index (χ2n) is 6.48. The lowest BCUT2D eigenvalue weighted by atomic mass is 9.88. The second kappa shape index (κ2) is 4.84. The predicted molar refractivity (Wildman–Crippen MR) is 71.9 cm³/mol. The molecule has 1 heterocycles. The Balaban J connectivity index is 1.65. The Morgan fingerprint density at radius 3 is 2.61 bits per heavy atom. The van der Waals surface area contributed by atoms with Gasteiger partial charge >= 0.3 is 0 Å². The number of hydrogen-bond donors (Lipinski definition) is 1. The summed E-state index contributed by atoms with van der Waals surface area (Å²) in [6.45, 7) is 5.29. The van der Waals surface area contributed by atoms with Gasteiger partial charge in [-0.25, -0.2) is 0 Å². The van der Waals surface area contributed by atoms with Crippen LogP contribution in [-0.4, -0.2) is 29.6 Å². The normalized spacial score (nSPS) is 43.1. The fraction of sp³-hybridized carbons (Fsp3) is 0.933. The minimum atomic E-state index is 0.0774. The van der Waals surface area contributed by atoms with E-state index in [1.54, 1.807) is 0 Å². The van der Waals surface area contributed by atoms with Gasteiger partial charge in [0.25, 0.3) is 0 Å². The van der Waals surface area contributed by atoms with Crippen LogP contribution in [0.25, 0.3) is 0 Å². The molecule has 5 unspecified atom stereocenters. The van der Waals surface area contributed by atoms with Crippen molar-refractivity contribution < 1.29 is 4.79 Å². The number of carbonyl (C=O) groups is 1. The van der Waals surface area contributed by atoms with Gasteiger partial charge in [0.05, 0.1) is 12.2 Å². The number of carbonyl (C=O) groups excluding carboxylic acids is 1. The molecular formula is C15H26N2O. The number of rotatable bonds is 4. The first-order valence-corrected chi connectivity index (χ1v) is 7.79. The van der Waals surface area contributed by atoms with Crippen LogP contribution in [0, 0.1) is 17.8 Å². The van der Waals surface area contributed by atoms with Gasteiger partial charge in [-0.15, -0.1) is 0 Å². The Morgan fingerprint density at radius 1 is 1.22 bits per heavy atom. The average Bonchev–Trinajstić information content (AvgIpc) is 3.06. The maximum absolute atomic E-state index is 12.4. The Morgan fingerprint density at radius 2 is 2.06 bits per heavy atom. The zero-order valence-corrected chi connectivity index (χ0v) is 11.7. The van der Waals surface area contributed by atoms with Gasteiger partial charge in [0.2, 0.25) is 5.91 Å². The molecule has 2 aliphatic carbocycles. The van der Waals surface area contributed by atoms with Gasteiger partial charge in [-0.1, -0.05) is 20.3 Å². The van der Waals surface area contributed by atoms with Gasteiger partial charge in [-0.2, -0.15) is 0 Å². The van der Waals surface area contributed by atoms with Gasteiger partial charge in [-0.05, 0) is 49.9 Å². The molecule has 3 fully saturated rings. The van der Waals surface area contributed by atoms with Gasteiger partial charge in [0.1, 0.15) is 0 Å². The minimum absolute atomic E-state index is 0.0774. The lowest BCUT2D eigenvalue weighted by molar-refractivity contribution is -0.131. The Labute approximate surface area is 110 Å².